The lowest BCUT2D eigenvalue weighted by Gasteiger charge is -2.39. The van der Waals surface area contributed by atoms with E-state index in [1.165, 1.54) is 0 Å². The zero-order valence-corrected chi connectivity index (χ0v) is 9.69. The Morgan fingerprint density at radius 2 is 2.31 bits per heavy atom. The number of ether oxygens (including phenoxy) is 1. The van der Waals surface area contributed by atoms with Gasteiger partial charge in [-0.05, 0) is 31.6 Å². The van der Waals surface area contributed by atoms with Crippen LogP contribution in [0.5, 0.6) is 0 Å². The molecule has 0 aromatic carbocycles. The van der Waals surface area contributed by atoms with Crippen LogP contribution in [0.1, 0.15) is 45.4 Å². The molecule has 2 N–H and O–H groups in total. The Morgan fingerprint density at radius 1 is 1.56 bits per heavy atom. The van der Waals surface area contributed by atoms with Gasteiger partial charge < -0.3 is 14.9 Å². The van der Waals surface area contributed by atoms with Crippen LogP contribution in [0.4, 0.5) is 0 Å². The van der Waals surface area contributed by atoms with Crippen LogP contribution in [0.25, 0.3) is 0 Å². The quantitative estimate of drug-likeness (QED) is 0.769. The summed E-state index contributed by atoms with van der Waals surface area (Å²) in [6.45, 7) is 2.07. The van der Waals surface area contributed by atoms with Crippen LogP contribution in [-0.4, -0.2) is 34.0 Å². The van der Waals surface area contributed by atoms with E-state index in [1.807, 2.05) is 0 Å². The van der Waals surface area contributed by atoms with E-state index in [0.29, 0.717) is 12.3 Å². The smallest absolute Gasteiger partial charge is 0.306 e. The van der Waals surface area contributed by atoms with Crippen LogP contribution >= 0.6 is 0 Å². The van der Waals surface area contributed by atoms with Crippen LogP contribution in [0, 0.1) is 5.92 Å². The molecule has 4 unspecified atom stereocenters. The van der Waals surface area contributed by atoms with Crippen LogP contribution in [0.2, 0.25) is 0 Å². The summed E-state index contributed by atoms with van der Waals surface area (Å²) in [6.07, 6.45) is 4.19. The van der Waals surface area contributed by atoms with Crippen LogP contribution in [0.3, 0.4) is 0 Å². The summed E-state index contributed by atoms with van der Waals surface area (Å²) in [7, 11) is 0. The minimum atomic E-state index is -1.14. The Balaban J connectivity index is 2.11. The minimum Gasteiger partial charge on any atom is -0.481 e. The van der Waals surface area contributed by atoms with Crippen molar-refractivity contribution in [2.75, 3.05) is 0 Å². The first-order valence-corrected chi connectivity index (χ1v) is 6.15. The summed E-state index contributed by atoms with van der Waals surface area (Å²) in [4.78, 5) is 10.8. The molecular weight excluding hydrogens is 208 g/mol. The zero-order chi connectivity index (χ0) is 11.8. The van der Waals surface area contributed by atoms with E-state index >= 15 is 0 Å². The number of fused-ring (bicyclic) bond motifs is 1. The van der Waals surface area contributed by atoms with E-state index in [4.69, 9.17) is 9.84 Å². The van der Waals surface area contributed by atoms with Gasteiger partial charge in [0.1, 0.15) is 5.60 Å². The second-order valence-corrected chi connectivity index (χ2v) is 5.15. The van der Waals surface area contributed by atoms with Gasteiger partial charge in [0.2, 0.25) is 0 Å². The number of aliphatic hydroxyl groups is 1. The van der Waals surface area contributed by atoms with Gasteiger partial charge in [-0.15, -0.1) is 0 Å². The predicted octanol–water partition coefficient (Wildman–Crippen LogP) is 1.56. The molecule has 0 bridgehead atoms. The highest BCUT2D eigenvalue weighted by Gasteiger charge is 2.50. The maximum absolute atomic E-state index is 10.8. The van der Waals surface area contributed by atoms with Crippen molar-refractivity contribution >= 4 is 5.97 Å². The number of hydrogen-bond acceptors (Lipinski definition) is 3. The van der Waals surface area contributed by atoms with Gasteiger partial charge in [0, 0.05) is 0 Å². The van der Waals surface area contributed by atoms with Gasteiger partial charge >= 0.3 is 5.97 Å². The van der Waals surface area contributed by atoms with Crippen molar-refractivity contribution in [1.29, 1.82) is 0 Å². The molecule has 1 aliphatic heterocycles. The van der Waals surface area contributed by atoms with Crippen molar-refractivity contribution in [1.82, 2.24) is 0 Å². The van der Waals surface area contributed by atoms with E-state index in [2.05, 4.69) is 6.92 Å². The standard InChI is InChI=1S/C12H20O4/c1-2-9-6-8-4-3-5-12(15,7-10(13)14)11(8)16-9/h8-9,11,15H,2-7H2,1H3,(H,13,14). The third-order valence-electron chi connectivity index (χ3n) is 3.96. The molecule has 0 amide bonds. The highest BCUT2D eigenvalue weighted by Crippen LogP contribution is 2.44. The summed E-state index contributed by atoms with van der Waals surface area (Å²) in [5.74, 6) is -0.588. The SMILES string of the molecule is CCC1CC2CCCC(O)(CC(=O)O)C2O1. The molecule has 1 heterocycles. The van der Waals surface area contributed by atoms with E-state index < -0.39 is 11.6 Å². The van der Waals surface area contributed by atoms with Crippen molar-refractivity contribution in [2.45, 2.75) is 63.3 Å². The summed E-state index contributed by atoms with van der Waals surface area (Å²) in [6, 6.07) is 0. The zero-order valence-electron chi connectivity index (χ0n) is 9.69. The molecule has 2 aliphatic rings. The fourth-order valence-corrected chi connectivity index (χ4v) is 3.20. The van der Waals surface area contributed by atoms with Gasteiger partial charge in [-0.2, -0.15) is 0 Å². The molecule has 0 aromatic heterocycles. The first-order valence-electron chi connectivity index (χ1n) is 6.15. The fraction of sp³-hybridized carbons (Fsp3) is 0.917. The van der Waals surface area contributed by atoms with Crippen molar-refractivity contribution in [3.05, 3.63) is 0 Å². The maximum atomic E-state index is 10.8. The molecule has 0 radical (unpaired) electrons. The molecule has 16 heavy (non-hydrogen) atoms. The summed E-state index contributed by atoms with van der Waals surface area (Å²) < 4.78 is 5.82. The average molecular weight is 228 g/mol. The van der Waals surface area contributed by atoms with Gasteiger partial charge in [0.15, 0.2) is 0 Å². The normalized spacial score (nSPS) is 43.0. The van der Waals surface area contributed by atoms with Crippen molar-refractivity contribution in [3.63, 3.8) is 0 Å². The van der Waals surface area contributed by atoms with E-state index in [9.17, 15) is 9.90 Å². The van der Waals surface area contributed by atoms with Gasteiger partial charge in [0.25, 0.3) is 0 Å². The molecule has 2 fully saturated rings. The first kappa shape index (κ1) is 11.9. The molecule has 4 nitrogen and oxygen atoms in total. The molecule has 4 atom stereocenters. The fourth-order valence-electron chi connectivity index (χ4n) is 3.20. The molecule has 0 aromatic rings. The predicted molar refractivity (Wildman–Crippen MR) is 58.1 cm³/mol. The largest absolute Gasteiger partial charge is 0.481 e. The first-order chi connectivity index (χ1) is 7.55. The van der Waals surface area contributed by atoms with E-state index in [0.717, 1.165) is 25.7 Å². The summed E-state index contributed by atoms with van der Waals surface area (Å²) >= 11 is 0. The molecule has 4 heteroatoms. The van der Waals surface area contributed by atoms with Crippen LogP contribution in [0.15, 0.2) is 0 Å². The molecule has 1 saturated heterocycles. The third kappa shape index (κ3) is 2.09. The highest BCUT2D eigenvalue weighted by atomic mass is 16.5. The van der Waals surface area contributed by atoms with Gasteiger partial charge in [-0.1, -0.05) is 13.3 Å². The second-order valence-electron chi connectivity index (χ2n) is 5.15. The van der Waals surface area contributed by atoms with Crippen molar-refractivity contribution in [2.24, 2.45) is 5.92 Å². The summed E-state index contributed by atoms with van der Waals surface area (Å²) in [5, 5.41) is 19.3. The monoisotopic (exact) mass is 228 g/mol. The average Bonchev–Trinajstić information content (AvgIpc) is 2.61. The number of carboxylic acid groups (broad SMARTS) is 1. The Labute approximate surface area is 95.6 Å². The Kier molecular flexibility index (Phi) is 3.22. The molecule has 1 aliphatic carbocycles. The minimum absolute atomic E-state index is 0.190. The number of aliphatic carboxylic acids is 1. The van der Waals surface area contributed by atoms with Gasteiger partial charge in [-0.25, -0.2) is 0 Å². The third-order valence-corrected chi connectivity index (χ3v) is 3.96. The molecule has 0 spiro atoms. The van der Waals surface area contributed by atoms with Crippen LogP contribution < -0.4 is 0 Å². The van der Waals surface area contributed by atoms with Crippen LogP contribution in [-0.2, 0) is 9.53 Å². The number of hydrogen-bond donors (Lipinski definition) is 2. The topological polar surface area (TPSA) is 66.8 Å². The summed E-state index contributed by atoms with van der Waals surface area (Å²) in [5.41, 5.74) is -1.14. The van der Waals surface area contributed by atoms with E-state index in [1.54, 1.807) is 0 Å². The van der Waals surface area contributed by atoms with Crippen molar-refractivity contribution in [3.8, 4) is 0 Å². The second kappa shape index (κ2) is 4.34. The van der Waals surface area contributed by atoms with Gasteiger partial charge in [0.05, 0.1) is 18.6 Å². The number of carboxylic acids is 1. The Bertz CT molecular complexity index is 278. The molecule has 2 rings (SSSR count). The number of carbonyl (C=O) groups is 1. The molecule has 1 saturated carbocycles. The lowest BCUT2D eigenvalue weighted by Crippen LogP contribution is -2.49. The Hall–Kier alpha value is -0.610. The van der Waals surface area contributed by atoms with Crippen molar-refractivity contribution < 1.29 is 19.7 Å². The van der Waals surface area contributed by atoms with Gasteiger partial charge in [-0.3, -0.25) is 4.79 Å². The number of rotatable bonds is 3. The molecular formula is C12H20O4. The maximum Gasteiger partial charge on any atom is 0.306 e. The van der Waals surface area contributed by atoms with E-state index in [-0.39, 0.29) is 18.6 Å². The lowest BCUT2D eigenvalue weighted by molar-refractivity contribution is -0.162. The lowest BCUT2D eigenvalue weighted by atomic mass is 9.73. The highest BCUT2D eigenvalue weighted by molar-refractivity contribution is 5.68. The Morgan fingerprint density at radius 3 is 2.94 bits per heavy atom. The molecule has 92 valence electrons.